The molecule has 0 bridgehead atoms. The normalized spacial score (nSPS) is 10.3. The predicted octanol–water partition coefficient (Wildman–Crippen LogP) is 8.67. The Kier molecular flexibility index (Phi) is 23.5. The van der Waals surface area contributed by atoms with Gasteiger partial charge in [-0.3, -0.25) is 4.98 Å². The molecule has 3 N–H and O–H groups in total. The fraction of sp³-hybridized carbons (Fsp3) is 0.524. The van der Waals surface area contributed by atoms with Crippen LogP contribution in [0.15, 0.2) is 48.8 Å². The fourth-order valence-electron chi connectivity index (χ4n) is 4.59. The van der Waals surface area contributed by atoms with Crippen molar-refractivity contribution >= 4 is 0 Å². The van der Waals surface area contributed by atoms with Crippen LogP contribution in [0.1, 0.15) is 138 Å². The summed E-state index contributed by atoms with van der Waals surface area (Å²) in [5.41, 5.74) is 7.79. The highest BCUT2D eigenvalue weighted by atomic mass is 16.5. The van der Waals surface area contributed by atoms with Gasteiger partial charge in [0.2, 0.25) is 11.8 Å². The third-order valence-electron chi connectivity index (χ3n) is 7.75. The summed E-state index contributed by atoms with van der Waals surface area (Å²) >= 11 is 0. The number of hydrogen-bond acceptors (Lipinski definition) is 11. The van der Waals surface area contributed by atoms with E-state index < -0.39 is 0 Å². The maximum atomic E-state index is 9.04. The number of rotatable bonds is 12. The van der Waals surface area contributed by atoms with E-state index in [1.807, 2.05) is 50.4 Å². The van der Waals surface area contributed by atoms with Gasteiger partial charge in [0.25, 0.3) is 5.88 Å². The standard InChI is InChI=1S/C11H17NO2.2C10H15NO2.C10H15NO.CH4/c1-5-14-10-6-9(8(2)3)7-12-11(10)13-4;1-7(2)8-4-9(6-12)10(13-3)11-5-8;1-7(2)8-4-9(6-12)11-10(5-8)13-3;1-7(2)9-4-8(3)11-10(5-9)6-12;/h6-8H,5H2,1-4H3;2*4-5,7,12H,6H2,1-3H3;4-5,7,12H,6H2,1-3H3;1H4. The zero-order chi connectivity index (χ0) is 39.4. The Labute approximate surface area is 318 Å². The summed E-state index contributed by atoms with van der Waals surface area (Å²) in [7, 11) is 4.73. The van der Waals surface area contributed by atoms with Crippen molar-refractivity contribution in [1.29, 1.82) is 0 Å². The Balaban J connectivity index is 0.000000677. The maximum absolute atomic E-state index is 9.04. The molecule has 0 radical (unpaired) electrons. The molecular weight excluding hydrogens is 672 g/mol. The van der Waals surface area contributed by atoms with E-state index >= 15 is 0 Å². The third kappa shape index (κ3) is 16.9. The zero-order valence-electron chi connectivity index (χ0n) is 33.5. The van der Waals surface area contributed by atoms with Crippen LogP contribution in [-0.2, 0) is 19.8 Å². The highest BCUT2D eigenvalue weighted by Gasteiger charge is 2.10. The van der Waals surface area contributed by atoms with Gasteiger partial charge < -0.3 is 34.3 Å². The quantitative estimate of drug-likeness (QED) is 0.128. The van der Waals surface area contributed by atoms with Crippen molar-refractivity contribution in [2.45, 2.75) is 120 Å². The number of methoxy groups -OCH3 is 3. The highest BCUT2D eigenvalue weighted by Crippen LogP contribution is 2.28. The third-order valence-corrected chi connectivity index (χ3v) is 7.75. The molecule has 0 spiro atoms. The van der Waals surface area contributed by atoms with Crippen LogP contribution in [0.4, 0.5) is 0 Å². The molecule has 0 atom stereocenters. The van der Waals surface area contributed by atoms with Crippen molar-refractivity contribution in [3.63, 3.8) is 0 Å². The van der Waals surface area contributed by atoms with Gasteiger partial charge in [-0.05, 0) is 90.1 Å². The second kappa shape index (κ2) is 25.6. The lowest BCUT2D eigenvalue weighted by molar-refractivity contribution is 0.271. The molecule has 4 aromatic heterocycles. The average molecular weight is 739 g/mol. The summed E-state index contributed by atoms with van der Waals surface area (Å²) in [6.07, 6.45) is 3.61. The molecule has 0 aliphatic rings. The first-order valence-corrected chi connectivity index (χ1v) is 17.7. The lowest BCUT2D eigenvalue weighted by atomic mass is 10.0. The van der Waals surface area contributed by atoms with Gasteiger partial charge in [0, 0.05) is 29.7 Å². The molecule has 11 nitrogen and oxygen atoms in total. The van der Waals surface area contributed by atoms with E-state index in [0.29, 0.717) is 53.6 Å². The van der Waals surface area contributed by atoms with E-state index in [4.69, 9.17) is 34.3 Å². The predicted molar refractivity (Wildman–Crippen MR) is 213 cm³/mol. The van der Waals surface area contributed by atoms with Crippen LogP contribution >= 0.6 is 0 Å². The molecule has 0 saturated heterocycles. The molecule has 53 heavy (non-hydrogen) atoms. The van der Waals surface area contributed by atoms with Crippen LogP contribution in [0.5, 0.6) is 23.4 Å². The average Bonchev–Trinajstić information content (AvgIpc) is 3.14. The van der Waals surface area contributed by atoms with Gasteiger partial charge in [0.05, 0.1) is 59.1 Å². The minimum Gasteiger partial charge on any atom is -0.488 e. The Bertz CT molecular complexity index is 1590. The van der Waals surface area contributed by atoms with Crippen molar-refractivity contribution in [3.05, 3.63) is 93.7 Å². The van der Waals surface area contributed by atoms with Gasteiger partial charge in [-0.1, -0.05) is 62.8 Å². The smallest absolute Gasteiger partial charge is 0.256 e. The molecular formula is C42H66N4O7. The number of aliphatic hydroxyl groups is 3. The Morgan fingerprint density at radius 2 is 1.04 bits per heavy atom. The van der Waals surface area contributed by atoms with E-state index in [0.717, 1.165) is 39.4 Å². The number of aryl methyl sites for hydroxylation is 1. The summed E-state index contributed by atoms with van der Waals surface area (Å²) in [5, 5.41) is 26.9. The Morgan fingerprint density at radius 1 is 0.566 bits per heavy atom. The van der Waals surface area contributed by atoms with E-state index in [-0.39, 0.29) is 27.2 Å². The summed E-state index contributed by atoms with van der Waals surface area (Å²) in [5.74, 6) is 4.13. The van der Waals surface area contributed by atoms with E-state index in [1.165, 1.54) is 5.56 Å². The molecule has 4 aromatic rings. The first-order chi connectivity index (χ1) is 24.7. The number of hydrogen-bond donors (Lipinski definition) is 3. The molecule has 296 valence electrons. The van der Waals surface area contributed by atoms with Crippen molar-refractivity contribution in [2.75, 3.05) is 27.9 Å². The van der Waals surface area contributed by atoms with Gasteiger partial charge >= 0.3 is 0 Å². The van der Waals surface area contributed by atoms with Gasteiger partial charge in [-0.25, -0.2) is 15.0 Å². The van der Waals surface area contributed by atoms with Gasteiger partial charge in [-0.2, -0.15) is 0 Å². The summed E-state index contributed by atoms with van der Waals surface area (Å²) < 4.78 is 20.6. The van der Waals surface area contributed by atoms with Gasteiger partial charge in [0.15, 0.2) is 5.75 Å². The highest BCUT2D eigenvalue weighted by molar-refractivity contribution is 5.37. The van der Waals surface area contributed by atoms with Crippen molar-refractivity contribution < 1.29 is 34.3 Å². The Morgan fingerprint density at radius 3 is 1.47 bits per heavy atom. The zero-order valence-corrected chi connectivity index (χ0v) is 33.5. The second-order valence-electron chi connectivity index (χ2n) is 13.2. The topological polar surface area (TPSA) is 149 Å². The van der Waals surface area contributed by atoms with E-state index in [2.05, 4.69) is 81.4 Å². The molecule has 11 heteroatoms. The van der Waals surface area contributed by atoms with E-state index in [9.17, 15) is 0 Å². The van der Waals surface area contributed by atoms with Gasteiger partial charge in [-0.15, -0.1) is 0 Å². The molecule has 0 saturated carbocycles. The molecule has 0 aliphatic carbocycles. The first-order valence-electron chi connectivity index (χ1n) is 17.7. The minimum atomic E-state index is -0.0447. The molecule has 0 fully saturated rings. The molecule has 0 aliphatic heterocycles. The van der Waals surface area contributed by atoms with Crippen molar-refractivity contribution in [2.24, 2.45) is 0 Å². The van der Waals surface area contributed by atoms with Crippen LogP contribution in [-0.4, -0.2) is 63.2 Å². The van der Waals surface area contributed by atoms with E-state index in [1.54, 1.807) is 27.5 Å². The fourth-order valence-corrected chi connectivity index (χ4v) is 4.59. The largest absolute Gasteiger partial charge is 0.488 e. The monoisotopic (exact) mass is 738 g/mol. The lowest BCUT2D eigenvalue weighted by Gasteiger charge is -2.11. The van der Waals surface area contributed by atoms with Crippen LogP contribution in [0, 0.1) is 6.92 Å². The second-order valence-corrected chi connectivity index (χ2v) is 13.2. The molecule has 0 unspecified atom stereocenters. The number of ether oxygens (including phenoxy) is 4. The number of pyridine rings is 4. The SMILES string of the molecule is C.CCOc1cc(C(C)C)cnc1OC.COc1cc(C(C)C)cc(CO)n1.COc1ncc(C(C)C)cc1CO.Cc1cc(C(C)C)cc(CO)n1. The number of aliphatic hydroxyl groups excluding tert-OH is 3. The van der Waals surface area contributed by atoms with Gasteiger partial charge in [0.1, 0.15) is 0 Å². The van der Waals surface area contributed by atoms with Crippen LogP contribution in [0.3, 0.4) is 0 Å². The summed E-state index contributed by atoms with van der Waals surface area (Å²) in [4.78, 5) is 16.6. The molecule has 4 heterocycles. The van der Waals surface area contributed by atoms with Crippen LogP contribution < -0.4 is 18.9 Å². The summed E-state index contributed by atoms with van der Waals surface area (Å²) in [6, 6.07) is 11.7. The molecule has 0 aromatic carbocycles. The van der Waals surface area contributed by atoms with Crippen molar-refractivity contribution in [1.82, 2.24) is 19.9 Å². The lowest BCUT2D eigenvalue weighted by Crippen LogP contribution is -1.99. The minimum absolute atomic E-state index is 0. The Hall–Kier alpha value is -4.32. The van der Waals surface area contributed by atoms with Crippen LogP contribution in [0.25, 0.3) is 0 Å². The van der Waals surface area contributed by atoms with Crippen molar-refractivity contribution in [3.8, 4) is 23.4 Å². The van der Waals surface area contributed by atoms with Crippen LogP contribution in [0.2, 0.25) is 0 Å². The number of aromatic nitrogens is 4. The first kappa shape index (κ1) is 48.7. The molecule has 4 rings (SSSR count). The maximum Gasteiger partial charge on any atom is 0.256 e. The summed E-state index contributed by atoms with van der Waals surface area (Å²) in [6.45, 7) is 21.4. The number of nitrogens with zero attached hydrogens (tertiary/aromatic N) is 4. The molecule has 0 amide bonds.